The number of nitrogens with one attached hydrogen (secondary N) is 1. The Kier molecular flexibility index (Phi) is 8.03. The van der Waals surface area contributed by atoms with Gasteiger partial charge in [-0.25, -0.2) is 13.2 Å². The molecular formula is C25H26F3N3O5. The number of carbonyl (C=O) groups is 2. The molecule has 3 aromatic rings. The third-order valence-corrected chi connectivity index (χ3v) is 5.78. The van der Waals surface area contributed by atoms with E-state index in [1.54, 1.807) is 20.8 Å². The summed E-state index contributed by atoms with van der Waals surface area (Å²) >= 11 is 0. The van der Waals surface area contributed by atoms with Gasteiger partial charge < -0.3 is 20.3 Å². The summed E-state index contributed by atoms with van der Waals surface area (Å²) in [6.45, 7) is 4.89. The maximum Gasteiger partial charge on any atom is 0.305 e. The fraction of sp³-hybridized carbons (Fsp3) is 0.320. The zero-order chi connectivity index (χ0) is 26.6. The van der Waals surface area contributed by atoms with Crippen molar-refractivity contribution >= 4 is 11.9 Å². The molecule has 0 fully saturated rings. The number of hydrogen-bond donors (Lipinski definition) is 3. The molecule has 0 saturated heterocycles. The standard InChI is InChI=1S/C25H26F3N3O5/c1-14(2)25(3,35)13-36-21-11-19(30-31(21)20-10-5-4-7-15(20)26)24(34)29-18(12-22(32)33)23-16(27)8-6-9-17(23)28/h4-11,14,18,35H,12-13H2,1-3H3,(H,29,34)(H,32,33)/t18?,25-/m1/s1. The van der Waals surface area contributed by atoms with Crippen molar-refractivity contribution in [2.45, 2.75) is 38.8 Å². The van der Waals surface area contributed by atoms with Gasteiger partial charge in [0, 0.05) is 11.6 Å². The summed E-state index contributed by atoms with van der Waals surface area (Å²) in [6, 6.07) is 8.16. The van der Waals surface area contributed by atoms with Gasteiger partial charge in [0.1, 0.15) is 29.7 Å². The normalized spacial score (nSPS) is 13.8. The molecule has 1 aromatic heterocycles. The summed E-state index contributed by atoms with van der Waals surface area (Å²) in [6.07, 6.45) is -0.807. The van der Waals surface area contributed by atoms with E-state index < -0.39 is 53.0 Å². The van der Waals surface area contributed by atoms with E-state index in [2.05, 4.69) is 10.4 Å². The molecule has 11 heteroatoms. The number of para-hydroxylation sites is 1. The number of aliphatic hydroxyl groups is 1. The van der Waals surface area contributed by atoms with Gasteiger partial charge in [0.25, 0.3) is 5.91 Å². The monoisotopic (exact) mass is 505 g/mol. The first-order chi connectivity index (χ1) is 16.9. The second-order valence-corrected chi connectivity index (χ2v) is 8.79. The maximum absolute atomic E-state index is 14.5. The highest BCUT2D eigenvalue weighted by molar-refractivity contribution is 5.93. The Bertz CT molecular complexity index is 1240. The molecular weight excluding hydrogens is 479 g/mol. The minimum atomic E-state index is -1.55. The molecule has 36 heavy (non-hydrogen) atoms. The largest absolute Gasteiger partial charge is 0.481 e. The van der Waals surface area contributed by atoms with Gasteiger partial charge in [-0.15, -0.1) is 0 Å². The topological polar surface area (TPSA) is 114 Å². The van der Waals surface area contributed by atoms with Gasteiger partial charge >= 0.3 is 5.97 Å². The second-order valence-electron chi connectivity index (χ2n) is 8.79. The van der Waals surface area contributed by atoms with Crippen molar-refractivity contribution in [3.63, 3.8) is 0 Å². The Morgan fingerprint density at radius 1 is 1.08 bits per heavy atom. The lowest BCUT2D eigenvalue weighted by Gasteiger charge is -2.27. The van der Waals surface area contributed by atoms with E-state index in [9.17, 15) is 33.0 Å². The number of carbonyl (C=O) groups excluding carboxylic acids is 1. The van der Waals surface area contributed by atoms with Gasteiger partial charge in [0.15, 0.2) is 5.69 Å². The zero-order valence-corrected chi connectivity index (χ0v) is 19.8. The molecule has 8 nitrogen and oxygen atoms in total. The van der Waals surface area contributed by atoms with Gasteiger partial charge in [-0.3, -0.25) is 9.59 Å². The van der Waals surface area contributed by atoms with Crippen LogP contribution < -0.4 is 10.1 Å². The highest BCUT2D eigenvalue weighted by Gasteiger charge is 2.29. The van der Waals surface area contributed by atoms with Crippen molar-refractivity contribution in [2.24, 2.45) is 5.92 Å². The lowest BCUT2D eigenvalue weighted by atomic mass is 9.94. The van der Waals surface area contributed by atoms with Crippen molar-refractivity contribution < 1.29 is 37.7 Å². The van der Waals surface area contributed by atoms with Crippen LogP contribution in [0.4, 0.5) is 13.2 Å². The van der Waals surface area contributed by atoms with Gasteiger partial charge in [-0.05, 0) is 37.1 Å². The van der Waals surface area contributed by atoms with Crippen LogP contribution in [0.1, 0.15) is 49.3 Å². The first-order valence-electron chi connectivity index (χ1n) is 11.1. The molecule has 1 unspecified atom stereocenters. The van der Waals surface area contributed by atoms with E-state index in [-0.39, 0.29) is 29.8 Å². The van der Waals surface area contributed by atoms with Crippen molar-refractivity contribution in [1.29, 1.82) is 0 Å². The van der Waals surface area contributed by atoms with Crippen LogP contribution in [-0.2, 0) is 4.79 Å². The van der Waals surface area contributed by atoms with E-state index in [1.807, 2.05) is 0 Å². The maximum atomic E-state index is 14.5. The molecule has 1 heterocycles. The van der Waals surface area contributed by atoms with Gasteiger partial charge in [0.2, 0.25) is 5.88 Å². The SMILES string of the molecule is CC(C)[C@](C)(O)COc1cc(C(=O)NC(CC(=O)O)c2c(F)cccc2F)nn1-c1ccccc1F. The number of carboxylic acid groups (broad SMARTS) is 1. The van der Waals surface area contributed by atoms with Crippen LogP contribution in [0.2, 0.25) is 0 Å². The molecule has 2 atom stereocenters. The number of hydrogen-bond acceptors (Lipinski definition) is 5. The summed E-state index contributed by atoms with van der Waals surface area (Å²) in [5.41, 5.74) is -2.27. The van der Waals surface area contributed by atoms with E-state index in [1.165, 1.54) is 24.3 Å². The lowest BCUT2D eigenvalue weighted by molar-refractivity contribution is -0.137. The zero-order valence-electron chi connectivity index (χ0n) is 19.8. The van der Waals surface area contributed by atoms with Crippen LogP contribution in [-0.4, -0.2) is 44.1 Å². The molecule has 3 N–H and O–H groups in total. The molecule has 1 amide bonds. The number of aliphatic carboxylic acids is 1. The Morgan fingerprint density at radius 3 is 2.28 bits per heavy atom. The van der Waals surface area contributed by atoms with E-state index >= 15 is 0 Å². The van der Waals surface area contributed by atoms with Crippen LogP contribution in [0.3, 0.4) is 0 Å². The number of benzene rings is 2. The Hall–Kier alpha value is -3.86. The minimum Gasteiger partial charge on any atom is -0.481 e. The Balaban J connectivity index is 1.98. The summed E-state index contributed by atoms with van der Waals surface area (Å²) in [4.78, 5) is 24.3. The van der Waals surface area contributed by atoms with E-state index in [0.29, 0.717) is 0 Å². The Morgan fingerprint density at radius 2 is 1.69 bits per heavy atom. The summed E-state index contributed by atoms with van der Waals surface area (Å²) in [5.74, 6) is -5.39. The summed E-state index contributed by atoms with van der Waals surface area (Å²) in [7, 11) is 0. The first kappa shape index (κ1) is 26.7. The van der Waals surface area contributed by atoms with Crippen molar-refractivity contribution in [3.8, 4) is 11.6 Å². The highest BCUT2D eigenvalue weighted by atomic mass is 19.1. The third kappa shape index (κ3) is 6.03. The van der Waals surface area contributed by atoms with Crippen molar-refractivity contribution in [3.05, 3.63) is 77.2 Å². The fourth-order valence-corrected chi connectivity index (χ4v) is 3.24. The summed E-state index contributed by atoms with van der Waals surface area (Å²) in [5, 5.41) is 26.1. The van der Waals surface area contributed by atoms with Gasteiger partial charge in [-0.1, -0.05) is 32.0 Å². The molecule has 0 radical (unpaired) electrons. The minimum absolute atomic E-state index is 0.0574. The number of amides is 1. The first-order valence-corrected chi connectivity index (χ1v) is 11.1. The lowest BCUT2D eigenvalue weighted by Crippen LogP contribution is -2.38. The van der Waals surface area contributed by atoms with Crippen LogP contribution in [0.25, 0.3) is 5.69 Å². The molecule has 0 saturated carbocycles. The molecule has 192 valence electrons. The third-order valence-electron chi connectivity index (χ3n) is 5.78. The van der Waals surface area contributed by atoms with E-state index in [0.717, 1.165) is 28.9 Å². The smallest absolute Gasteiger partial charge is 0.305 e. The molecule has 0 aliphatic heterocycles. The molecule has 0 spiro atoms. The van der Waals surface area contributed by atoms with Gasteiger partial charge in [-0.2, -0.15) is 9.78 Å². The molecule has 0 bridgehead atoms. The van der Waals surface area contributed by atoms with Crippen LogP contribution in [0.5, 0.6) is 5.88 Å². The van der Waals surface area contributed by atoms with Crippen LogP contribution >= 0.6 is 0 Å². The molecule has 2 aromatic carbocycles. The quantitative estimate of drug-likeness (QED) is 0.384. The van der Waals surface area contributed by atoms with Crippen LogP contribution in [0.15, 0.2) is 48.5 Å². The average Bonchev–Trinajstić information content (AvgIpc) is 3.21. The highest BCUT2D eigenvalue weighted by Crippen LogP contribution is 2.27. The summed E-state index contributed by atoms with van der Waals surface area (Å²) < 4.78 is 49.9. The number of halogens is 3. The van der Waals surface area contributed by atoms with Crippen LogP contribution in [0, 0.1) is 23.4 Å². The molecule has 3 rings (SSSR count). The fourth-order valence-electron chi connectivity index (χ4n) is 3.24. The predicted molar refractivity (Wildman–Crippen MR) is 123 cm³/mol. The number of nitrogens with zero attached hydrogens (tertiary/aromatic N) is 2. The number of ether oxygens (including phenoxy) is 1. The number of aromatic nitrogens is 2. The second kappa shape index (κ2) is 10.8. The van der Waals surface area contributed by atoms with Gasteiger partial charge in [0.05, 0.1) is 18.1 Å². The van der Waals surface area contributed by atoms with Crippen molar-refractivity contribution in [1.82, 2.24) is 15.1 Å². The Labute approximate surface area is 205 Å². The molecule has 0 aliphatic carbocycles. The van der Waals surface area contributed by atoms with E-state index in [4.69, 9.17) is 4.74 Å². The number of rotatable bonds is 10. The average molecular weight is 505 g/mol. The molecule has 0 aliphatic rings. The van der Waals surface area contributed by atoms with Crippen molar-refractivity contribution in [2.75, 3.05) is 6.61 Å². The predicted octanol–water partition coefficient (Wildman–Crippen LogP) is 4.02. The number of carboxylic acids is 1.